The van der Waals surface area contributed by atoms with Crippen LogP contribution in [0.2, 0.25) is 0 Å². The number of ether oxygens (including phenoxy) is 1. The summed E-state index contributed by atoms with van der Waals surface area (Å²) in [5, 5.41) is 22.5. The number of cyclic esters (lactones) is 1. The fourth-order valence-corrected chi connectivity index (χ4v) is 10.4. The first-order chi connectivity index (χ1) is 15.3. The van der Waals surface area contributed by atoms with Gasteiger partial charge in [0, 0.05) is 12.3 Å². The number of fused-ring (bicyclic) bond motifs is 5. The lowest BCUT2D eigenvalue weighted by atomic mass is 9.38. The third-order valence-corrected chi connectivity index (χ3v) is 11.8. The van der Waals surface area contributed by atoms with Crippen LogP contribution in [-0.4, -0.2) is 34.0 Å². The molecule has 0 radical (unpaired) electrons. The predicted molar refractivity (Wildman–Crippen MR) is 129 cm³/mol. The zero-order valence-corrected chi connectivity index (χ0v) is 21.7. The van der Waals surface area contributed by atoms with Crippen LogP contribution in [-0.2, 0) is 9.53 Å². The van der Waals surface area contributed by atoms with Gasteiger partial charge in [0.25, 0.3) is 0 Å². The van der Waals surface area contributed by atoms with Crippen molar-refractivity contribution >= 4 is 5.97 Å². The van der Waals surface area contributed by atoms with Gasteiger partial charge < -0.3 is 14.9 Å². The molecule has 5 fully saturated rings. The van der Waals surface area contributed by atoms with Crippen molar-refractivity contribution in [2.75, 3.05) is 0 Å². The summed E-state index contributed by atoms with van der Waals surface area (Å²) in [6.07, 6.45) is 10.7. The van der Waals surface area contributed by atoms with Gasteiger partial charge in [0.15, 0.2) is 5.60 Å². The van der Waals surface area contributed by atoms with Gasteiger partial charge in [-0.1, -0.05) is 33.3 Å². The Hall–Kier alpha value is -0.870. The van der Waals surface area contributed by atoms with Crippen molar-refractivity contribution in [1.29, 1.82) is 0 Å². The van der Waals surface area contributed by atoms with E-state index in [0.29, 0.717) is 30.1 Å². The molecule has 33 heavy (non-hydrogen) atoms. The first-order valence-electron chi connectivity index (χ1n) is 13.6. The molecule has 1 saturated heterocycles. The number of carbonyl (C=O) groups is 1. The Morgan fingerprint density at radius 3 is 2.27 bits per heavy atom. The maximum Gasteiger partial charge on any atom is 0.339 e. The van der Waals surface area contributed by atoms with Crippen LogP contribution in [0.15, 0.2) is 11.6 Å². The van der Waals surface area contributed by atoms with Gasteiger partial charge in [-0.05, 0) is 111 Å². The van der Waals surface area contributed by atoms with Gasteiger partial charge in [0.1, 0.15) is 6.10 Å². The minimum absolute atomic E-state index is 0.0217. The summed E-state index contributed by atoms with van der Waals surface area (Å²) in [6, 6.07) is 0. The molecule has 0 aromatic carbocycles. The molecular formula is C29H46O4. The van der Waals surface area contributed by atoms with Crippen LogP contribution in [0.4, 0.5) is 0 Å². The molecule has 10 atom stereocenters. The summed E-state index contributed by atoms with van der Waals surface area (Å²) < 4.78 is 5.64. The molecular weight excluding hydrogens is 412 g/mol. The predicted octanol–water partition coefficient (Wildman–Crippen LogP) is 5.66. The second-order valence-corrected chi connectivity index (χ2v) is 13.9. The van der Waals surface area contributed by atoms with Gasteiger partial charge in [-0.15, -0.1) is 0 Å². The third-order valence-electron chi connectivity index (χ3n) is 11.8. The number of aliphatic hydroxyl groups is 2. The quantitative estimate of drug-likeness (QED) is 0.414. The van der Waals surface area contributed by atoms with E-state index in [1.165, 1.54) is 19.3 Å². The highest BCUT2D eigenvalue weighted by Crippen LogP contribution is 2.72. The second-order valence-electron chi connectivity index (χ2n) is 13.9. The standard InChI is InChI=1S/C29H46O4/c1-17(2)15-18-16-29(32,25(31)33-18)21-9-8-20-19(21)7-10-23-27(20,5)13-11-22-26(3,4)24(30)12-14-28(22,23)6/h15,18-24,30,32H,7-14,16H2,1-6H3/t18-,19-,20+,21-,22-,23-,24-,27-,28-,29+/m0/s1. The summed E-state index contributed by atoms with van der Waals surface area (Å²) >= 11 is 0. The van der Waals surface area contributed by atoms with E-state index < -0.39 is 5.60 Å². The molecule has 2 N–H and O–H groups in total. The lowest BCUT2D eigenvalue weighted by molar-refractivity contribution is -0.202. The van der Waals surface area contributed by atoms with E-state index in [4.69, 9.17) is 4.74 Å². The van der Waals surface area contributed by atoms with E-state index in [2.05, 4.69) is 27.7 Å². The number of hydrogen-bond donors (Lipinski definition) is 2. The van der Waals surface area contributed by atoms with E-state index in [9.17, 15) is 15.0 Å². The topological polar surface area (TPSA) is 66.8 Å². The SMILES string of the molecule is CC(C)=C[C@H]1C[C@@](O)([C@H]2CC[C@@H]3[C@@H]2CC[C@H]2[C@@]3(C)CC[C@H]3C(C)(C)[C@@H](O)CC[C@]23C)C(=O)O1. The average Bonchev–Trinajstić information content (AvgIpc) is 3.27. The normalized spacial score (nSPS) is 53.0. The smallest absolute Gasteiger partial charge is 0.339 e. The van der Waals surface area contributed by atoms with Gasteiger partial charge in [0.05, 0.1) is 6.10 Å². The van der Waals surface area contributed by atoms with Crippen LogP contribution in [0.5, 0.6) is 0 Å². The fraction of sp³-hybridized carbons (Fsp3) is 0.897. The number of carbonyl (C=O) groups excluding carboxylic acids is 1. The van der Waals surface area contributed by atoms with Crippen molar-refractivity contribution in [1.82, 2.24) is 0 Å². The van der Waals surface area contributed by atoms with Crippen molar-refractivity contribution in [3.05, 3.63) is 11.6 Å². The van der Waals surface area contributed by atoms with Crippen molar-refractivity contribution in [2.24, 2.45) is 45.8 Å². The lowest BCUT2D eigenvalue weighted by Crippen LogP contribution is -2.61. The number of aliphatic hydroxyl groups excluding tert-OH is 1. The summed E-state index contributed by atoms with van der Waals surface area (Å²) in [5.41, 5.74) is 0.319. The lowest BCUT2D eigenvalue weighted by Gasteiger charge is -2.67. The Morgan fingerprint density at radius 1 is 0.909 bits per heavy atom. The number of rotatable bonds is 2. The van der Waals surface area contributed by atoms with Gasteiger partial charge in [0.2, 0.25) is 0 Å². The maximum absolute atomic E-state index is 12.9. The van der Waals surface area contributed by atoms with E-state index in [-0.39, 0.29) is 40.3 Å². The Balaban J connectivity index is 1.41. The molecule has 0 amide bonds. The third kappa shape index (κ3) is 3.25. The fourth-order valence-electron chi connectivity index (χ4n) is 10.4. The molecule has 4 saturated carbocycles. The summed E-state index contributed by atoms with van der Waals surface area (Å²) in [4.78, 5) is 12.9. The molecule has 4 aliphatic carbocycles. The van der Waals surface area contributed by atoms with Gasteiger partial charge >= 0.3 is 5.97 Å². The van der Waals surface area contributed by atoms with Crippen LogP contribution in [0, 0.1) is 45.8 Å². The first kappa shape index (κ1) is 23.9. The zero-order chi connectivity index (χ0) is 24.0. The first-order valence-corrected chi connectivity index (χ1v) is 13.6. The zero-order valence-electron chi connectivity index (χ0n) is 21.7. The van der Waals surface area contributed by atoms with E-state index in [1.807, 2.05) is 19.9 Å². The molecule has 1 aliphatic heterocycles. The summed E-state index contributed by atoms with van der Waals surface area (Å²) in [6.45, 7) is 13.7. The van der Waals surface area contributed by atoms with Crippen molar-refractivity contribution < 1.29 is 19.7 Å². The van der Waals surface area contributed by atoms with E-state index in [1.54, 1.807) is 0 Å². The van der Waals surface area contributed by atoms with E-state index >= 15 is 0 Å². The van der Waals surface area contributed by atoms with Gasteiger partial charge in [-0.3, -0.25) is 0 Å². The largest absolute Gasteiger partial charge is 0.456 e. The molecule has 1 heterocycles. The molecule has 0 aromatic heterocycles. The molecule has 0 spiro atoms. The van der Waals surface area contributed by atoms with Crippen LogP contribution in [0.3, 0.4) is 0 Å². The molecule has 0 unspecified atom stereocenters. The summed E-state index contributed by atoms with van der Waals surface area (Å²) in [5.74, 6) is 1.86. The van der Waals surface area contributed by atoms with Crippen molar-refractivity contribution in [2.45, 2.75) is 117 Å². The molecule has 5 rings (SSSR count). The molecule has 4 heteroatoms. The Bertz CT molecular complexity index is 843. The monoisotopic (exact) mass is 458 g/mol. The van der Waals surface area contributed by atoms with Gasteiger partial charge in [-0.25, -0.2) is 4.79 Å². The Kier molecular flexibility index (Phi) is 5.47. The van der Waals surface area contributed by atoms with Crippen LogP contribution in [0.1, 0.15) is 99.3 Å². The van der Waals surface area contributed by atoms with Crippen LogP contribution in [0.25, 0.3) is 0 Å². The van der Waals surface area contributed by atoms with Crippen LogP contribution < -0.4 is 0 Å². The van der Waals surface area contributed by atoms with Crippen LogP contribution >= 0.6 is 0 Å². The minimum Gasteiger partial charge on any atom is -0.456 e. The molecule has 186 valence electrons. The molecule has 5 aliphatic rings. The number of esters is 1. The number of hydrogen-bond acceptors (Lipinski definition) is 4. The highest BCUT2D eigenvalue weighted by Gasteiger charge is 2.67. The Labute approximate surface area is 200 Å². The highest BCUT2D eigenvalue weighted by atomic mass is 16.6. The minimum atomic E-state index is -1.32. The number of allylic oxidation sites excluding steroid dienone is 1. The molecule has 0 aromatic rings. The molecule has 0 bridgehead atoms. The maximum atomic E-state index is 12.9. The Morgan fingerprint density at radius 2 is 1.58 bits per heavy atom. The van der Waals surface area contributed by atoms with E-state index in [0.717, 1.165) is 37.7 Å². The average molecular weight is 459 g/mol. The molecule has 4 nitrogen and oxygen atoms in total. The van der Waals surface area contributed by atoms with Gasteiger partial charge in [-0.2, -0.15) is 0 Å². The second kappa shape index (κ2) is 7.56. The van der Waals surface area contributed by atoms with Crippen molar-refractivity contribution in [3.63, 3.8) is 0 Å². The summed E-state index contributed by atoms with van der Waals surface area (Å²) in [7, 11) is 0. The highest BCUT2D eigenvalue weighted by molar-refractivity contribution is 5.82. The van der Waals surface area contributed by atoms with Crippen molar-refractivity contribution in [3.8, 4) is 0 Å².